The molecule has 0 aliphatic heterocycles. The van der Waals surface area contributed by atoms with E-state index in [0.717, 1.165) is 0 Å². The standard InChI is InChI=1S/C5H6N8S/c14-5(10-3-6-1-8-12-3)11-4-7-2-9-13-4/h1-2H,(H4,6,7,8,9,10,11,12,13,14). The maximum Gasteiger partial charge on any atom is 0.224 e. The quantitative estimate of drug-likeness (QED) is 0.505. The summed E-state index contributed by atoms with van der Waals surface area (Å²) in [5.74, 6) is 0.920. The highest BCUT2D eigenvalue weighted by Crippen LogP contribution is 1.96. The van der Waals surface area contributed by atoms with Gasteiger partial charge in [-0.25, -0.2) is 10.2 Å². The number of hydrogen-bond donors (Lipinski definition) is 4. The molecule has 9 heteroatoms. The summed E-state index contributed by atoms with van der Waals surface area (Å²) in [6, 6.07) is 0. The van der Waals surface area contributed by atoms with Crippen LogP contribution in [0.5, 0.6) is 0 Å². The summed E-state index contributed by atoms with van der Waals surface area (Å²) in [5.41, 5.74) is 0. The summed E-state index contributed by atoms with van der Waals surface area (Å²) in [6.07, 6.45) is 2.75. The molecule has 0 radical (unpaired) electrons. The van der Waals surface area contributed by atoms with Crippen LogP contribution in [-0.2, 0) is 0 Å². The van der Waals surface area contributed by atoms with Crippen LogP contribution in [0.25, 0.3) is 0 Å². The highest BCUT2D eigenvalue weighted by Gasteiger charge is 2.01. The SMILES string of the molecule is S=C(Nc1ncn[nH]1)Nc1ncn[nH]1. The summed E-state index contributed by atoms with van der Waals surface area (Å²) in [6.45, 7) is 0. The first-order valence-corrected chi connectivity index (χ1v) is 4.04. The maximum absolute atomic E-state index is 4.95. The fourth-order valence-corrected chi connectivity index (χ4v) is 0.971. The molecule has 8 nitrogen and oxygen atoms in total. The van der Waals surface area contributed by atoms with Crippen molar-refractivity contribution in [2.45, 2.75) is 0 Å². The van der Waals surface area contributed by atoms with Gasteiger partial charge in [0.2, 0.25) is 11.9 Å². The molecule has 0 aliphatic carbocycles. The van der Waals surface area contributed by atoms with E-state index in [1.165, 1.54) is 12.7 Å². The van der Waals surface area contributed by atoms with Gasteiger partial charge in [-0.05, 0) is 12.2 Å². The van der Waals surface area contributed by atoms with Gasteiger partial charge in [0, 0.05) is 0 Å². The average Bonchev–Trinajstić information content (AvgIpc) is 2.76. The lowest BCUT2D eigenvalue weighted by molar-refractivity contribution is 1.09. The Hall–Kier alpha value is -2.03. The summed E-state index contributed by atoms with van der Waals surface area (Å²) in [4.78, 5) is 7.67. The van der Waals surface area contributed by atoms with E-state index in [1.807, 2.05) is 0 Å². The Morgan fingerprint density at radius 1 is 1.07 bits per heavy atom. The van der Waals surface area contributed by atoms with E-state index in [9.17, 15) is 0 Å². The van der Waals surface area contributed by atoms with Crippen LogP contribution >= 0.6 is 12.2 Å². The summed E-state index contributed by atoms with van der Waals surface area (Å²) in [5, 5.41) is 18.4. The van der Waals surface area contributed by atoms with Gasteiger partial charge in [-0.1, -0.05) is 0 Å². The minimum atomic E-state index is 0.346. The van der Waals surface area contributed by atoms with Crippen molar-refractivity contribution in [3.05, 3.63) is 12.7 Å². The highest BCUT2D eigenvalue weighted by molar-refractivity contribution is 7.80. The van der Waals surface area contributed by atoms with Gasteiger partial charge in [0.15, 0.2) is 5.11 Å². The first-order valence-electron chi connectivity index (χ1n) is 3.63. The van der Waals surface area contributed by atoms with Gasteiger partial charge in [-0.15, -0.1) is 0 Å². The van der Waals surface area contributed by atoms with Crippen LogP contribution in [0.4, 0.5) is 11.9 Å². The van der Waals surface area contributed by atoms with Gasteiger partial charge in [0.1, 0.15) is 12.7 Å². The number of hydrogen-bond acceptors (Lipinski definition) is 5. The third-order valence-corrected chi connectivity index (χ3v) is 1.50. The Bertz CT molecular complexity index is 353. The number of H-pyrrole nitrogens is 2. The number of aromatic nitrogens is 6. The molecular formula is C5H6N8S. The molecule has 2 heterocycles. The lowest BCUT2D eigenvalue weighted by Crippen LogP contribution is -2.20. The molecule has 2 rings (SSSR count). The van der Waals surface area contributed by atoms with Gasteiger partial charge in [-0.2, -0.15) is 20.2 Å². The van der Waals surface area contributed by atoms with Crippen LogP contribution in [-0.4, -0.2) is 35.5 Å². The molecule has 0 aromatic carbocycles. The van der Waals surface area contributed by atoms with Crippen LogP contribution in [0.1, 0.15) is 0 Å². The minimum absolute atomic E-state index is 0.346. The molecule has 0 saturated carbocycles. The first-order chi connectivity index (χ1) is 6.84. The number of nitrogens with one attached hydrogen (secondary N) is 4. The molecule has 0 spiro atoms. The van der Waals surface area contributed by atoms with Crippen molar-refractivity contribution in [3.63, 3.8) is 0 Å². The molecule has 0 fully saturated rings. The van der Waals surface area contributed by atoms with Crippen LogP contribution in [0.2, 0.25) is 0 Å². The molecule has 0 unspecified atom stereocenters. The Morgan fingerprint density at radius 2 is 1.57 bits per heavy atom. The van der Waals surface area contributed by atoms with E-state index < -0.39 is 0 Å². The van der Waals surface area contributed by atoms with E-state index in [2.05, 4.69) is 41.0 Å². The Morgan fingerprint density at radius 3 is 1.93 bits per heavy atom. The van der Waals surface area contributed by atoms with Gasteiger partial charge in [-0.3, -0.25) is 0 Å². The third kappa shape index (κ3) is 2.01. The van der Waals surface area contributed by atoms with Crippen molar-refractivity contribution in [3.8, 4) is 0 Å². The maximum atomic E-state index is 4.95. The summed E-state index contributed by atoms with van der Waals surface area (Å²) >= 11 is 4.95. The predicted molar refractivity (Wildman–Crippen MR) is 52.6 cm³/mol. The second-order valence-corrected chi connectivity index (χ2v) is 2.66. The van der Waals surface area contributed by atoms with Crippen molar-refractivity contribution in [2.24, 2.45) is 0 Å². The van der Waals surface area contributed by atoms with Gasteiger partial charge in [0.05, 0.1) is 0 Å². The lowest BCUT2D eigenvalue weighted by atomic mass is 10.8. The fraction of sp³-hybridized carbons (Fsp3) is 0. The van der Waals surface area contributed by atoms with E-state index in [0.29, 0.717) is 17.0 Å². The number of rotatable bonds is 2. The first kappa shape index (κ1) is 8.56. The molecule has 0 amide bonds. The van der Waals surface area contributed by atoms with Crippen LogP contribution < -0.4 is 10.6 Å². The van der Waals surface area contributed by atoms with E-state index in [4.69, 9.17) is 12.2 Å². The molecular weight excluding hydrogens is 204 g/mol. The molecule has 2 aromatic rings. The van der Waals surface area contributed by atoms with Crippen molar-refractivity contribution >= 4 is 29.2 Å². The monoisotopic (exact) mass is 210 g/mol. The van der Waals surface area contributed by atoms with Gasteiger partial charge < -0.3 is 10.6 Å². The zero-order valence-electron chi connectivity index (χ0n) is 6.85. The molecule has 2 aromatic heterocycles. The van der Waals surface area contributed by atoms with Crippen molar-refractivity contribution < 1.29 is 0 Å². The van der Waals surface area contributed by atoms with Crippen molar-refractivity contribution in [1.82, 2.24) is 30.4 Å². The third-order valence-electron chi connectivity index (χ3n) is 1.29. The zero-order valence-corrected chi connectivity index (χ0v) is 7.67. The molecule has 4 N–H and O–H groups in total. The highest BCUT2D eigenvalue weighted by atomic mass is 32.1. The fourth-order valence-electron chi connectivity index (χ4n) is 0.778. The predicted octanol–water partition coefficient (Wildman–Crippen LogP) is -0.268. The second-order valence-electron chi connectivity index (χ2n) is 2.25. The molecule has 0 bridgehead atoms. The number of nitrogens with zero attached hydrogens (tertiary/aromatic N) is 4. The minimum Gasteiger partial charge on any atom is -0.301 e. The molecule has 14 heavy (non-hydrogen) atoms. The van der Waals surface area contributed by atoms with E-state index in [1.54, 1.807) is 0 Å². The second kappa shape index (κ2) is 3.79. The van der Waals surface area contributed by atoms with E-state index >= 15 is 0 Å². The molecule has 0 atom stereocenters. The number of anilines is 2. The number of thiocarbonyl (C=S) groups is 1. The molecule has 0 saturated heterocycles. The van der Waals surface area contributed by atoms with Crippen molar-refractivity contribution in [2.75, 3.05) is 10.6 Å². The largest absolute Gasteiger partial charge is 0.301 e. The number of aromatic amines is 2. The Labute approximate surface area is 83.5 Å². The zero-order chi connectivity index (χ0) is 9.80. The Balaban J connectivity index is 1.91. The normalized spacial score (nSPS) is 9.71. The Kier molecular flexibility index (Phi) is 2.32. The van der Waals surface area contributed by atoms with E-state index in [-0.39, 0.29) is 0 Å². The lowest BCUT2D eigenvalue weighted by Gasteiger charge is -2.03. The molecule has 0 aliphatic rings. The van der Waals surface area contributed by atoms with Crippen LogP contribution in [0, 0.1) is 0 Å². The summed E-state index contributed by atoms with van der Waals surface area (Å²) in [7, 11) is 0. The summed E-state index contributed by atoms with van der Waals surface area (Å²) < 4.78 is 0. The van der Waals surface area contributed by atoms with Crippen LogP contribution in [0.3, 0.4) is 0 Å². The van der Waals surface area contributed by atoms with Crippen molar-refractivity contribution in [1.29, 1.82) is 0 Å². The van der Waals surface area contributed by atoms with Gasteiger partial charge >= 0.3 is 0 Å². The molecule has 72 valence electrons. The average molecular weight is 210 g/mol. The van der Waals surface area contributed by atoms with Crippen LogP contribution in [0.15, 0.2) is 12.7 Å². The topological polar surface area (TPSA) is 107 Å². The van der Waals surface area contributed by atoms with Gasteiger partial charge in [0.25, 0.3) is 0 Å². The smallest absolute Gasteiger partial charge is 0.224 e.